The van der Waals surface area contributed by atoms with Crippen LogP contribution < -0.4 is 5.43 Å². The molecule has 1 aromatic rings. The first-order valence-electron chi connectivity index (χ1n) is 6.04. The minimum atomic E-state index is -1.77. The van der Waals surface area contributed by atoms with Gasteiger partial charge in [0.05, 0.1) is 12.8 Å². The molecule has 0 aliphatic heterocycles. The highest BCUT2D eigenvalue weighted by molar-refractivity contribution is 5.94. The summed E-state index contributed by atoms with van der Waals surface area (Å²) in [6.45, 7) is -0.777. The fourth-order valence-corrected chi connectivity index (χ4v) is 1.37. The monoisotopic (exact) mass is 299 g/mol. The Bertz CT molecular complexity index is 469. The van der Waals surface area contributed by atoms with Crippen molar-refractivity contribution < 1.29 is 30.3 Å². The Morgan fingerprint density at radius 2 is 1.86 bits per heavy atom. The molecule has 0 radical (unpaired) electrons. The Kier molecular flexibility index (Phi) is 6.85. The van der Waals surface area contributed by atoms with Crippen LogP contribution in [0.1, 0.15) is 10.4 Å². The van der Waals surface area contributed by atoms with Gasteiger partial charge in [0, 0.05) is 18.0 Å². The lowest BCUT2D eigenvalue weighted by Crippen LogP contribution is -2.46. The van der Waals surface area contributed by atoms with Crippen molar-refractivity contribution >= 4 is 12.1 Å². The van der Waals surface area contributed by atoms with Crippen LogP contribution in [0.15, 0.2) is 29.6 Å². The summed E-state index contributed by atoms with van der Waals surface area (Å²) in [5.74, 6) is -0.550. The van der Waals surface area contributed by atoms with Crippen LogP contribution in [0.25, 0.3) is 0 Å². The first-order chi connectivity index (χ1) is 9.97. The maximum atomic E-state index is 11.6. The Balaban J connectivity index is 2.51. The van der Waals surface area contributed by atoms with E-state index in [2.05, 4.69) is 15.5 Å². The summed E-state index contributed by atoms with van der Waals surface area (Å²) in [7, 11) is 0. The van der Waals surface area contributed by atoms with Crippen LogP contribution in [-0.2, 0) is 0 Å². The molecule has 1 amide bonds. The molecule has 9 heteroatoms. The average molecular weight is 299 g/mol. The molecule has 0 aliphatic rings. The molecule has 1 rings (SSSR count). The second-order valence-electron chi connectivity index (χ2n) is 4.18. The number of aromatic nitrogens is 1. The Labute approximate surface area is 120 Å². The molecule has 0 saturated heterocycles. The van der Waals surface area contributed by atoms with Gasteiger partial charge in [-0.15, -0.1) is 0 Å². The fourth-order valence-electron chi connectivity index (χ4n) is 1.37. The van der Waals surface area contributed by atoms with Gasteiger partial charge in [-0.1, -0.05) is 0 Å². The molecule has 4 unspecified atom stereocenters. The maximum Gasteiger partial charge on any atom is 0.271 e. The topological polar surface area (TPSA) is 156 Å². The van der Waals surface area contributed by atoms with Gasteiger partial charge < -0.3 is 25.5 Å². The Morgan fingerprint density at radius 1 is 1.24 bits per heavy atom. The van der Waals surface area contributed by atoms with E-state index in [4.69, 9.17) is 10.2 Å². The molecular weight excluding hydrogens is 282 g/mol. The second kappa shape index (κ2) is 8.39. The van der Waals surface area contributed by atoms with E-state index < -0.39 is 36.9 Å². The third-order valence-corrected chi connectivity index (χ3v) is 2.62. The molecule has 0 aromatic carbocycles. The first-order valence-corrected chi connectivity index (χ1v) is 6.04. The van der Waals surface area contributed by atoms with Gasteiger partial charge >= 0.3 is 0 Å². The summed E-state index contributed by atoms with van der Waals surface area (Å²) in [4.78, 5) is 15.3. The quantitative estimate of drug-likeness (QED) is 0.235. The minimum absolute atomic E-state index is 0.299. The van der Waals surface area contributed by atoms with Crippen molar-refractivity contribution in [3.05, 3.63) is 30.1 Å². The maximum absolute atomic E-state index is 11.6. The molecule has 6 N–H and O–H groups in total. The molecule has 1 aromatic heterocycles. The Hall–Kier alpha value is -1.91. The van der Waals surface area contributed by atoms with Crippen LogP contribution in [0.2, 0.25) is 0 Å². The fraction of sp³-hybridized carbons (Fsp3) is 0.417. The number of hydrazone groups is 1. The molecule has 0 spiro atoms. The summed E-state index contributed by atoms with van der Waals surface area (Å²) in [6.07, 6.45) is -3.14. The van der Waals surface area contributed by atoms with E-state index >= 15 is 0 Å². The summed E-state index contributed by atoms with van der Waals surface area (Å²) in [5, 5.41) is 49.5. The van der Waals surface area contributed by atoms with E-state index in [-0.39, 0.29) is 0 Å². The molecular formula is C12H17N3O6. The predicted octanol–water partition coefficient (Wildman–Crippen LogP) is -2.77. The minimum Gasteiger partial charge on any atom is -0.394 e. The number of rotatable bonds is 7. The number of hydrogen-bond donors (Lipinski definition) is 6. The zero-order valence-electron chi connectivity index (χ0n) is 10.9. The smallest absolute Gasteiger partial charge is 0.271 e. The lowest BCUT2D eigenvalue weighted by molar-refractivity contribution is -0.0999. The third kappa shape index (κ3) is 5.17. The van der Waals surface area contributed by atoms with Gasteiger partial charge in [-0.25, -0.2) is 5.43 Å². The SMILES string of the molecule is O=C(N/N=C/C(O)C(O)C(O)C(O)CO)c1ccncc1. The molecule has 0 saturated carbocycles. The van der Waals surface area contributed by atoms with Gasteiger partial charge in [-0.2, -0.15) is 5.10 Å². The van der Waals surface area contributed by atoms with Gasteiger partial charge in [-0.3, -0.25) is 9.78 Å². The van der Waals surface area contributed by atoms with E-state index in [9.17, 15) is 20.1 Å². The van der Waals surface area contributed by atoms with Crippen molar-refractivity contribution in [3.63, 3.8) is 0 Å². The highest BCUT2D eigenvalue weighted by Crippen LogP contribution is 2.03. The molecule has 21 heavy (non-hydrogen) atoms. The average Bonchev–Trinajstić information content (AvgIpc) is 2.53. The van der Waals surface area contributed by atoms with Gasteiger partial charge in [0.15, 0.2) is 0 Å². The first kappa shape index (κ1) is 17.1. The predicted molar refractivity (Wildman–Crippen MR) is 71.3 cm³/mol. The van der Waals surface area contributed by atoms with Crippen LogP contribution in [0.5, 0.6) is 0 Å². The van der Waals surface area contributed by atoms with E-state index in [1.807, 2.05) is 0 Å². The van der Waals surface area contributed by atoms with Crippen LogP contribution in [0.4, 0.5) is 0 Å². The van der Waals surface area contributed by atoms with Crippen molar-refractivity contribution in [2.45, 2.75) is 24.4 Å². The molecule has 116 valence electrons. The molecule has 1 heterocycles. The van der Waals surface area contributed by atoms with Crippen molar-refractivity contribution in [2.24, 2.45) is 5.10 Å². The Morgan fingerprint density at radius 3 is 2.43 bits per heavy atom. The normalized spacial score (nSPS) is 17.2. The van der Waals surface area contributed by atoms with Gasteiger partial charge in [0.25, 0.3) is 5.91 Å². The van der Waals surface area contributed by atoms with Crippen molar-refractivity contribution in [3.8, 4) is 0 Å². The summed E-state index contributed by atoms with van der Waals surface area (Å²) >= 11 is 0. The zero-order valence-corrected chi connectivity index (χ0v) is 10.9. The van der Waals surface area contributed by atoms with Crippen molar-refractivity contribution in [2.75, 3.05) is 6.61 Å². The van der Waals surface area contributed by atoms with Crippen molar-refractivity contribution in [1.29, 1.82) is 0 Å². The van der Waals surface area contributed by atoms with Crippen LogP contribution in [-0.4, -0.2) is 73.7 Å². The summed E-state index contributed by atoms with van der Waals surface area (Å²) in [6, 6.07) is 2.91. The highest BCUT2D eigenvalue weighted by atomic mass is 16.4. The van der Waals surface area contributed by atoms with Gasteiger partial charge in [-0.05, 0) is 12.1 Å². The number of carbonyl (C=O) groups is 1. The summed E-state index contributed by atoms with van der Waals surface area (Å²) in [5.41, 5.74) is 2.40. The number of aliphatic hydroxyl groups excluding tert-OH is 5. The van der Waals surface area contributed by atoms with Crippen LogP contribution >= 0.6 is 0 Å². The van der Waals surface area contributed by atoms with Crippen molar-refractivity contribution in [1.82, 2.24) is 10.4 Å². The number of nitrogens with zero attached hydrogens (tertiary/aromatic N) is 2. The molecule has 0 aliphatic carbocycles. The van der Waals surface area contributed by atoms with E-state index in [0.717, 1.165) is 6.21 Å². The molecule has 0 bridgehead atoms. The van der Waals surface area contributed by atoms with E-state index in [1.165, 1.54) is 24.5 Å². The standard InChI is InChI=1S/C12H17N3O6/c16-6-9(18)11(20)10(19)8(17)5-14-15-12(21)7-1-3-13-4-2-7/h1-5,8-11,16-20H,6H2,(H,15,21)/b14-5+. The van der Waals surface area contributed by atoms with E-state index in [1.54, 1.807) is 0 Å². The largest absolute Gasteiger partial charge is 0.394 e. The number of amides is 1. The number of carbonyl (C=O) groups excluding carboxylic acids is 1. The van der Waals surface area contributed by atoms with Gasteiger partial charge in [0.2, 0.25) is 0 Å². The van der Waals surface area contributed by atoms with Gasteiger partial charge in [0.1, 0.15) is 24.4 Å². The summed E-state index contributed by atoms with van der Waals surface area (Å²) < 4.78 is 0. The number of nitrogens with one attached hydrogen (secondary N) is 1. The lowest BCUT2D eigenvalue weighted by atomic mass is 10.0. The highest BCUT2D eigenvalue weighted by Gasteiger charge is 2.29. The number of aliphatic hydroxyl groups is 5. The lowest BCUT2D eigenvalue weighted by Gasteiger charge is -2.23. The van der Waals surface area contributed by atoms with E-state index in [0.29, 0.717) is 5.56 Å². The molecule has 9 nitrogen and oxygen atoms in total. The second-order valence-corrected chi connectivity index (χ2v) is 4.18. The van der Waals surface area contributed by atoms with Crippen LogP contribution in [0, 0.1) is 0 Å². The number of pyridine rings is 1. The molecule has 4 atom stereocenters. The third-order valence-electron chi connectivity index (χ3n) is 2.62. The number of hydrogen-bond acceptors (Lipinski definition) is 8. The van der Waals surface area contributed by atoms with Crippen LogP contribution in [0.3, 0.4) is 0 Å². The zero-order chi connectivity index (χ0) is 15.8. The molecule has 0 fully saturated rings.